The number of rotatable bonds is 6. The van der Waals surface area contributed by atoms with Gasteiger partial charge in [0.25, 0.3) is 0 Å². The maximum Gasteiger partial charge on any atom is 0.226 e. The normalized spacial score (nSPS) is 35.2. The number of hydrogen-bond donors (Lipinski definition) is 1. The van der Waals surface area contributed by atoms with Crippen LogP contribution in [0.3, 0.4) is 0 Å². The van der Waals surface area contributed by atoms with E-state index in [1.54, 1.807) is 7.11 Å². The summed E-state index contributed by atoms with van der Waals surface area (Å²) in [6, 6.07) is 5.77. The van der Waals surface area contributed by atoms with E-state index in [0.29, 0.717) is 26.2 Å². The fourth-order valence-corrected chi connectivity index (χ4v) is 6.46. The van der Waals surface area contributed by atoms with Crippen LogP contribution in [0.5, 0.6) is 11.5 Å². The van der Waals surface area contributed by atoms with Crippen LogP contribution in [-0.2, 0) is 16.0 Å². The van der Waals surface area contributed by atoms with Crippen molar-refractivity contribution < 1.29 is 19.0 Å². The number of carbonyl (C=O) groups excluding carboxylic acids is 1. The minimum absolute atomic E-state index is 0.0579. The van der Waals surface area contributed by atoms with Crippen LogP contribution in [-0.4, -0.2) is 38.4 Å². The highest BCUT2D eigenvalue weighted by Crippen LogP contribution is 2.57. The SMILES string of the molecule is COc1ccc2c(c1)C[C@H](C(=O)NCCOC13CC4CC(CC(C4)C1)C3)CO2. The Bertz CT molecular complexity index is 711. The molecule has 152 valence electrons. The molecule has 1 atom stereocenters. The van der Waals surface area contributed by atoms with Crippen molar-refractivity contribution in [3.63, 3.8) is 0 Å². The average Bonchev–Trinajstić information content (AvgIpc) is 2.69. The van der Waals surface area contributed by atoms with Crippen molar-refractivity contribution in [3.05, 3.63) is 23.8 Å². The van der Waals surface area contributed by atoms with Crippen LogP contribution < -0.4 is 14.8 Å². The molecule has 0 radical (unpaired) electrons. The summed E-state index contributed by atoms with van der Waals surface area (Å²) in [6.07, 6.45) is 8.67. The zero-order valence-corrected chi connectivity index (χ0v) is 16.7. The van der Waals surface area contributed by atoms with Gasteiger partial charge in [0.05, 0.1) is 25.2 Å². The molecule has 0 aromatic heterocycles. The predicted octanol–water partition coefficient (Wildman–Crippen LogP) is 3.35. The van der Waals surface area contributed by atoms with Gasteiger partial charge in [0, 0.05) is 6.54 Å². The monoisotopic (exact) mass is 385 g/mol. The second-order valence-electron chi connectivity index (χ2n) is 9.43. The number of amides is 1. The molecule has 4 aliphatic carbocycles. The molecule has 1 heterocycles. The molecule has 1 N–H and O–H groups in total. The van der Waals surface area contributed by atoms with E-state index in [9.17, 15) is 4.79 Å². The van der Waals surface area contributed by atoms with Crippen LogP contribution in [0.4, 0.5) is 0 Å². The molecule has 1 amide bonds. The summed E-state index contributed by atoms with van der Waals surface area (Å²) in [5.41, 5.74) is 1.15. The van der Waals surface area contributed by atoms with Crippen LogP contribution in [0, 0.1) is 23.7 Å². The van der Waals surface area contributed by atoms with Crippen molar-refractivity contribution in [3.8, 4) is 11.5 Å². The first-order valence-electron chi connectivity index (χ1n) is 10.8. The Labute approximate surface area is 167 Å². The van der Waals surface area contributed by atoms with Crippen molar-refractivity contribution in [2.75, 3.05) is 26.9 Å². The summed E-state index contributed by atoms with van der Waals surface area (Å²) >= 11 is 0. The summed E-state index contributed by atoms with van der Waals surface area (Å²) in [4.78, 5) is 12.6. The lowest BCUT2D eigenvalue weighted by molar-refractivity contribution is -0.162. The van der Waals surface area contributed by atoms with Gasteiger partial charge in [-0.1, -0.05) is 0 Å². The van der Waals surface area contributed by atoms with Crippen LogP contribution in [0.15, 0.2) is 18.2 Å². The molecule has 28 heavy (non-hydrogen) atoms. The van der Waals surface area contributed by atoms with Crippen molar-refractivity contribution in [2.24, 2.45) is 23.7 Å². The molecule has 4 bridgehead atoms. The number of nitrogens with one attached hydrogen (secondary N) is 1. The predicted molar refractivity (Wildman–Crippen MR) is 106 cm³/mol. The molecule has 1 aromatic carbocycles. The van der Waals surface area contributed by atoms with Crippen LogP contribution in [0.2, 0.25) is 0 Å². The van der Waals surface area contributed by atoms with Crippen LogP contribution in [0.25, 0.3) is 0 Å². The van der Waals surface area contributed by atoms with Gasteiger partial charge in [-0.25, -0.2) is 0 Å². The maximum atomic E-state index is 12.6. The molecule has 0 spiro atoms. The molecule has 5 nitrogen and oxygen atoms in total. The van der Waals surface area contributed by atoms with E-state index in [-0.39, 0.29) is 17.4 Å². The Morgan fingerprint density at radius 2 is 1.89 bits per heavy atom. The highest BCUT2D eigenvalue weighted by atomic mass is 16.5. The molecule has 4 fully saturated rings. The number of ether oxygens (including phenoxy) is 3. The van der Waals surface area contributed by atoms with Gasteiger partial charge in [0.1, 0.15) is 18.1 Å². The number of fused-ring (bicyclic) bond motifs is 1. The van der Waals surface area contributed by atoms with Crippen molar-refractivity contribution in [1.82, 2.24) is 5.32 Å². The number of benzene rings is 1. The fraction of sp³-hybridized carbons (Fsp3) is 0.696. The zero-order valence-electron chi connectivity index (χ0n) is 16.7. The molecule has 1 aromatic rings. The van der Waals surface area contributed by atoms with Gasteiger partial charge < -0.3 is 19.5 Å². The largest absolute Gasteiger partial charge is 0.497 e. The molecular weight excluding hydrogens is 354 g/mol. The van der Waals surface area contributed by atoms with E-state index >= 15 is 0 Å². The Kier molecular flexibility index (Phi) is 4.74. The van der Waals surface area contributed by atoms with Gasteiger partial charge >= 0.3 is 0 Å². The third kappa shape index (κ3) is 3.49. The van der Waals surface area contributed by atoms with Gasteiger partial charge in [-0.3, -0.25) is 4.79 Å². The van der Waals surface area contributed by atoms with Gasteiger partial charge in [-0.05, 0) is 86.5 Å². The van der Waals surface area contributed by atoms with E-state index in [0.717, 1.165) is 34.8 Å². The number of carbonyl (C=O) groups is 1. The van der Waals surface area contributed by atoms with E-state index < -0.39 is 0 Å². The third-order valence-electron chi connectivity index (χ3n) is 7.34. The summed E-state index contributed by atoms with van der Waals surface area (Å²) in [5.74, 6) is 4.22. The van der Waals surface area contributed by atoms with Crippen molar-refractivity contribution >= 4 is 5.91 Å². The second kappa shape index (κ2) is 7.25. The molecule has 0 saturated heterocycles. The van der Waals surface area contributed by atoms with Gasteiger partial charge in [0.15, 0.2) is 0 Å². The molecule has 4 saturated carbocycles. The molecule has 5 heteroatoms. The molecule has 5 aliphatic rings. The average molecular weight is 386 g/mol. The molecule has 0 unspecified atom stereocenters. The van der Waals surface area contributed by atoms with E-state index in [1.807, 2.05) is 18.2 Å². The Hall–Kier alpha value is -1.75. The van der Waals surface area contributed by atoms with Crippen molar-refractivity contribution in [2.45, 2.75) is 50.5 Å². The maximum absolute atomic E-state index is 12.6. The molecule has 6 rings (SSSR count). The number of hydrogen-bond acceptors (Lipinski definition) is 4. The first-order chi connectivity index (χ1) is 13.6. The third-order valence-corrected chi connectivity index (χ3v) is 7.34. The Morgan fingerprint density at radius 3 is 2.57 bits per heavy atom. The molecule has 1 aliphatic heterocycles. The Balaban J connectivity index is 1.10. The lowest BCUT2D eigenvalue weighted by Gasteiger charge is -2.56. The summed E-state index contributed by atoms with van der Waals surface area (Å²) < 4.78 is 17.5. The topological polar surface area (TPSA) is 56.8 Å². The first kappa shape index (κ1) is 18.3. The van der Waals surface area contributed by atoms with Gasteiger partial charge in [-0.2, -0.15) is 0 Å². The summed E-state index contributed by atoms with van der Waals surface area (Å²) in [5, 5.41) is 3.07. The number of methoxy groups -OCH3 is 1. The van der Waals surface area contributed by atoms with Crippen LogP contribution >= 0.6 is 0 Å². The van der Waals surface area contributed by atoms with Crippen LogP contribution in [0.1, 0.15) is 44.1 Å². The van der Waals surface area contributed by atoms with Gasteiger partial charge in [-0.15, -0.1) is 0 Å². The van der Waals surface area contributed by atoms with E-state index in [2.05, 4.69) is 5.32 Å². The zero-order chi connectivity index (χ0) is 19.1. The highest BCUT2D eigenvalue weighted by Gasteiger charge is 2.51. The lowest BCUT2D eigenvalue weighted by atomic mass is 9.54. The molecular formula is C23H31NO4. The first-order valence-corrected chi connectivity index (χ1v) is 10.8. The lowest BCUT2D eigenvalue weighted by Crippen LogP contribution is -2.52. The van der Waals surface area contributed by atoms with E-state index in [1.165, 1.54) is 38.5 Å². The summed E-state index contributed by atoms with van der Waals surface area (Å²) in [7, 11) is 1.65. The highest BCUT2D eigenvalue weighted by molar-refractivity contribution is 5.79. The van der Waals surface area contributed by atoms with Crippen molar-refractivity contribution in [1.29, 1.82) is 0 Å². The van der Waals surface area contributed by atoms with E-state index in [4.69, 9.17) is 14.2 Å². The van der Waals surface area contributed by atoms with Gasteiger partial charge in [0.2, 0.25) is 5.91 Å². The fourth-order valence-electron chi connectivity index (χ4n) is 6.46. The smallest absolute Gasteiger partial charge is 0.226 e. The minimum atomic E-state index is -0.154. The summed E-state index contributed by atoms with van der Waals surface area (Å²) in [6.45, 7) is 1.64. The standard InChI is InChI=1S/C23H31NO4/c1-26-20-2-3-21-18(10-20)9-19(14-27-21)22(25)24-4-5-28-23-11-15-6-16(12-23)8-17(7-15)13-23/h2-3,10,15-17,19H,4-9,11-14H2,1H3,(H,24,25)/t15?,16?,17?,19-,23?/m0/s1. The Morgan fingerprint density at radius 1 is 1.18 bits per heavy atom. The quantitative estimate of drug-likeness (QED) is 0.763. The second-order valence-corrected chi connectivity index (χ2v) is 9.43. The minimum Gasteiger partial charge on any atom is -0.497 e.